The van der Waals surface area contributed by atoms with Crippen molar-refractivity contribution in [3.05, 3.63) is 53.9 Å². The minimum Gasteiger partial charge on any atom is -0.376 e. The fourth-order valence-corrected chi connectivity index (χ4v) is 2.18. The van der Waals surface area contributed by atoms with Crippen LogP contribution in [-0.4, -0.2) is 22.9 Å². The van der Waals surface area contributed by atoms with E-state index in [4.69, 9.17) is 4.74 Å². The Hall–Kier alpha value is -1.65. The van der Waals surface area contributed by atoms with E-state index in [-0.39, 0.29) is 5.41 Å². The lowest BCUT2D eigenvalue weighted by molar-refractivity contribution is 0.0511. The third-order valence-electron chi connectivity index (χ3n) is 3.30. The molecular weight excluding hydrogens is 262 g/mol. The van der Waals surface area contributed by atoms with E-state index < -0.39 is 0 Å². The van der Waals surface area contributed by atoms with Gasteiger partial charge in [-0.2, -0.15) is 5.10 Å². The average Bonchev–Trinajstić information content (AvgIpc) is 2.85. The maximum absolute atomic E-state index is 5.81. The first kappa shape index (κ1) is 15.7. The first-order valence-electron chi connectivity index (χ1n) is 7.35. The number of benzene rings is 1. The summed E-state index contributed by atoms with van der Waals surface area (Å²) in [7, 11) is 1.92. The van der Waals surface area contributed by atoms with Crippen molar-refractivity contribution in [2.75, 3.05) is 13.2 Å². The van der Waals surface area contributed by atoms with Gasteiger partial charge in [0, 0.05) is 37.3 Å². The highest BCUT2D eigenvalue weighted by Gasteiger charge is 2.17. The third-order valence-corrected chi connectivity index (χ3v) is 3.30. The number of nitrogens with zero attached hydrogens (tertiary/aromatic N) is 2. The van der Waals surface area contributed by atoms with Crippen molar-refractivity contribution in [3.63, 3.8) is 0 Å². The minimum absolute atomic E-state index is 0.108. The summed E-state index contributed by atoms with van der Waals surface area (Å²) in [6.07, 6.45) is 3.83. The van der Waals surface area contributed by atoms with Crippen LogP contribution in [0, 0.1) is 5.41 Å². The Morgan fingerprint density at radius 3 is 2.62 bits per heavy atom. The quantitative estimate of drug-likeness (QED) is 0.811. The molecule has 0 fully saturated rings. The van der Waals surface area contributed by atoms with Gasteiger partial charge >= 0.3 is 0 Å². The highest BCUT2D eigenvalue weighted by atomic mass is 16.5. The fourth-order valence-electron chi connectivity index (χ4n) is 2.18. The Bertz CT molecular complexity index is 534. The molecule has 0 aliphatic carbocycles. The molecule has 0 saturated carbocycles. The van der Waals surface area contributed by atoms with Crippen LogP contribution in [0.5, 0.6) is 0 Å². The van der Waals surface area contributed by atoms with Gasteiger partial charge in [-0.1, -0.05) is 44.2 Å². The molecule has 0 aliphatic heterocycles. The average molecular weight is 287 g/mol. The van der Waals surface area contributed by atoms with Crippen LogP contribution < -0.4 is 5.32 Å². The topological polar surface area (TPSA) is 39.1 Å². The van der Waals surface area contributed by atoms with Crippen molar-refractivity contribution < 1.29 is 4.74 Å². The van der Waals surface area contributed by atoms with Gasteiger partial charge in [-0.05, 0) is 5.56 Å². The fraction of sp³-hybridized carbons (Fsp3) is 0.471. The molecule has 114 valence electrons. The van der Waals surface area contributed by atoms with Gasteiger partial charge < -0.3 is 10.1 Å². The van der Waals surface area contributed by atoms with Crippen LogP contribution in [0.2, 0.25) is 0 Å². The number of hydrogen-bond acceptors (Lipinski definition) is 3. The van der Waals surface area contributed by atoms with Crippen molar-refractivity contribution in [1.29, 1.82) is 0 Å². The van der Waals surface area contributed by atoms with Gasteiger partial charge in [0.05, 0.1) is 19.4 Å². The molecule has 4 nitrogen and oxygen atoms in total. The lowest BCUT2D eigenvalue weighted by atomic mass is 9.95. The van der Waals surface area contributed by atoms with Crippen LogP contribution in [0.25, 0.3) is 0 Å². The zero-order valence-corrected chi connectivity index (χ0v) is 13.2. The molecule has 0 spiro atoms. The Morgan fingerprint density at radius 2 is 1.95 bits per heavy atom. The van der Waals surface area contributed by atoms with Crippen LogP contribution >= 0.6 is 0 Å². The molecule has 2 rings (SSSR count). The molecule has 1 heterocycles. The van der Waals surface area contributed by atoms with E-state index in [0.29, 0.717) is 6.61 Å². The molecule has 4 heteroatoms. The van der Waals surface area contributed by atoms with E-state index in [9.17, 15) is 0 Å². The number of rotatable bonds is 8. The summed E-state index contributed by atoms with van der Waals surface area (Å²) < 4.78 is 7.60. The molecule has 0 saturated heterocycles. The summed E-state index contributed by atoms with van der Waals surface area (Å²) in [5.41, 5.74) is 2.53. The van der Waals surface area contributed by atoms with E-state index in [0.717, 1.165) is 25.3 Å². The molecule has 2 aromatic rings. The maximum atomic E-state index is 5.81. The minimum atomic E-state index is 0.108. The van der Waals surface area contributed by atoms with Crippen molar-refractivity contribution in [1.82, 2.24) is 15.1 Å². The first-order chi connectivity index (χ1) is 10.1. The van der Waals surface area contributed by atoms with Gasteiger partial charge in [-0.3, -0.25) is 4.68 Å². The molecule has 0 radical (unpaired) electrons. The summed E-state index contributed by atoms with van der Waals surface area (Å²) in [4.78, 5) is 0. The SMILES string of the molecule is Cn1cc(COCC(C)(C)CNCc2ccccc2)cn1. The predicted octanol–water partition coefficient (Wildman–Crippen LogP) is 2.75. The summed E-state index contributed by atoms with van der Waals surface area (Å²) in [6.45, 7) is 7.60. The van der Waals surface area contributed by atoms with Crippen LogP contribution in [0.1, 0.15) is 25.0 Å². The van der Waals surface area contributed by atoms with Gasteiger partial charge in [0.15, 0.2) is 0 Å². The zero-order valence-electron chi connectivity index (χ0n) is 13.2. The molecule has 1 aromatic carbocycles. The smallest absolute Gasteiger partial charge is 0.0747 e. The standard InChI is InChI=1S/C17H25N3O/c1-17(2,13-18-9-15-7-5-4-6-8-15)14-21-12-16-10-19-20(3)11-16/h4-8,10-11,18H,9,12-14H2,1-3H3. The maximum Gasteiger partial charge on any atom is 0.0747 e. The molecule has 0 amide bonds. The van der Waals surface area contributed by atoms with E-state index >= 15 is 0 Å². The monoisotopic (exact) mass is 287 g/mol. The Kier molecular flexibility index (Phi) is 5.53. The van der Waals surface area contributed by atoms with E-state index in [2.05, 4.69) is 48.5 Å². The van der Waals surface area contributed by atoms with Crippen LogP contribution in [-0.2, 0) is 24.9 Å². The van der Waals surface area contributed by atoms with E-state index in [1.165, 1.54) is 5.56 Å². The second-order valence-corrected chi connectivity index (χ2v) is 6.27. The molecule has 0 bridgehead atoms. The Balaban J connectivity index is 1.66. The van der Waals surface area contributed by atoms with E-state index in [1.807, 2.05) is 25.5 Å². The molecule has 21 heavy (non-hydrogen) atoms. The van der Waals surface area contributed by atoms with Crippen LogP contribution in [0.3, 0.4) is 0 Å². The Morgan fingerprint density at radius 1 is 1.19 bits per heavy atom. The highest BCUT2D eigenvalue weighted by molar-refractivity contribution is 5.14. The van der Waals surface area contributed by atoms with Crippen molar-refractivity contribution in [2.24, 2.45) is 12.5 Å². The zero-order chi connectivity index (χ0) is 15.1. The second kappa shape index (κ2) is 7.38. The first-order valence-corrected chi connectivity index (χ1v) is 7.35. The summed E-state index contributed by atoms with van der Waals surface area (Å²) >= 11 is 0. The summed E-state index contributed by atoms with van der Waals surface area (Å²) in [5, 5.41) is 7.64. The Labute approximate surface area is 127 Å². The molecule has 1 N–H and O–H groups in total. The largest absolute Gasteiger partial charge is 0.376 e. The van der Waals surface area contributed by atoms with Crippen molar-refractivity contribution >= 4 is 0 Å². The van der Waals surface area contributed by atoms with Crippen molar-refractivity contribution in [2.45, 2.75) is 27.0 Å². The van der Waals surface area contributed by atoms with Gasteiger partial charge in [0.1, 0.15) is 0 Å². The lowest BCUT2D eigenvalue weighted by Crippen LogP contribution is -2.32. The van der Waals surface area contributed by atoms with Crippen molar-refractivity contribution in [3.8, 4) is 0 Å². The van der Waals surface area contributed by atoms with Gasteiger partial charge in [0.25, 0.3) is 0 Å². The lowest BCUT2D eigenvalue weighted by Gasteiger charge is -2.24. The number of nitrogens with one attached hydrogen (secondary N) is 1. The van der Waals surface area contributed by atoms with Gasteiger partial charge in [0.2, 0.25) is 0 Å². The van der Waals surface area contributed by atoms with Gasteiger partial charge in [-0.15, -0.1) is 0 Å². The third kappa shape index (κ3) is 5.69. The predicted molar refractivity (Wildman–Crippen MR) is 84.8 cm³/mol. The van der Waals surface area contributed by atoms with Gasteiger partial charge in [-0.25, -0.2) is 0 Å². The number of aryl methyl sites for hydroxylation is 1. The number of ether oxygens (including phenoxy) is 1. The van der Waals surface area contributed by atoms with E-state index in [1.54, 1.807) is 4.68 Å². The number of aromatic nitrogens is 2. The number of hydrogen-bond donors (Lipinski definition) is 1. The second-order valence-electron chi connectivity index (χ2n) is 6.27. The molecule has 0 atom stereocenters. The molecule has 0 unspecified atom stereocenters. The van der Waals surface area contributed by atoms with Crippen LogP contribution in [0.15, 0.2) is 42.7 Å². The summed E-state index contributed by atoms with van der Waals surface area (Å²) in [5.74, 6) is 0. The summed E-state index contributed by atoms with van der Waals surface area (Å²) in [6, 6.07) is 10.5. The van der Waals surface area contributed by atoms with Crippen LogP contribution in [0.4, 0.5) is 0 Å². The molecule has 1 aromatic heterocycles. The normalized spacial score (nSPS) is 11.8. The highest BCUT2D eigenvalue weighted by Crippen LogP contribution is 2.15. The molecule has 0 aliphatic rings. The molecular formula is C17H25N3O.